The van der Waals surface area contributed by atoms with E-state index < -0.39 is 0 Å². The predicted octanol–water partition coefficient (Wildman–Crippen LogP) is 8.15. The smallest absolute Gasteiger partial charge is 0.192 e. The summed E-state index contributed by atoms with van der Waals surface area (Å²) in [7, 11) is 0. The molecule has 0 aliphatic rings. The van der Waals surface area contributed by atoms with Crippen LogP contribution in [0.15, 0.2) is 96.0 Å². The molecule has 0 saturated heterocycles. The summed E-state index contributed by atoms with van der Waals surface area (Å²) in [6.07, 6.45) is 1.83. The molecule has 0 aliphatic carbocycles. The van der Waals surface area contributed by atoms with Crippen molar-refractivity contribution in [1.29, 1.82) is 0 Å². The first kappa shape index (κ1) is 25.2. The van der Waals surface area contributed by atoms with Crippen molar-refractivity contribution in [2.75, 3.05) is 5.75 Å². The number of benzene rings is 3. The highest BCUT2D eigenvalue weighted by molar-refractivity contribution is 7.99. The molecule has 6 rings (SSSR count). The minimum absolute atomic E-state index is 0.0564. The third-order valence-electron chi connectivity index (χ3n) is 6.87. The van der Waals surface area contributed by atoms with Gasteiger partial charge >= 0.3 is 0 Å². The van der Waals surface area contributed by atoms with Crippen LogP contribution in [0.5, 0.6) is 0 Å². The summed E-state index contributed by atoms with van der Waals surface area (Å²) >= 11 is 3.06. The molecule has 39 heavy (non-hydrogen) atoms. The average molecular weight is 547 g/mol. The first-order valence-corrected chi connectivity index (χ1v) is 14.5. The maximum absolute atomic E-state index is 13.1. The van der Waals surface area contributed by atoms with Crippen molar-refractivity contribution in [3.05, 3.63) is 108 Å². The Morgan fingerprint density at radius 1 is 0.974 bits per heavy atom. The number of aromatic nitrogens is 4. The summed E-state index contributed by atoms with van der Waals surface area (Å²) in [6, 6.07) is 24.4. The third-order valence-corrected chi connectivity index (χ3v) is 8.73. The molecule has 0 bridgehead atoms. The minimum atomic E-state index is 0.0564. The van der Waals surface area contributed by atoms with Crippen LogP contribution in [0.1, 0.15) is 21.5 Å². The Kier molecular flexibility index (Phi) is 6.85. The highest BCUT2D eigenvalue weighted by atomic mass is 32.2. The number of Topliss-reactive ketones (excluding diaryl/α,β-unsaturated/α-hetero) is 1. The van der Waals surface area contributed by atoms with Crippen molar-refractivity contribution in [2.24, 2.45) is 0 Å². The number of allylic oxidation sites excluding steroid dienone is 1. The minimum Gasteiger partial charge on any atom is -0.298 e. The molecule has 5 nitrogen and oxygen atoms in total. The van der Waals surface area contributed by atoms with Crippen LogP contribution in [0, 0.1) is 13.8 Å². The van der Waals surface area contributed by atoms with Gasteiger partial charge in [0.15, 0.2) is 16.8 Å². The maximum atomic E-state index is 13.1. The molecule has 6 aromatic rings. The lowest BCUT2D eigenvalue weighted by molar-refractivity contribution is 0.102. The van der Waals surface area contributed by atoms with Gasteiger partial charge in [-0.1, -0.05) is 60.3 Å². The van der Waals surface area contributed by atoms with E-state index in [1.807, 2.05) is 59.2 Å². The molecule has 0 aliphatic heterocycles. The van der Waals surface area contributed by atoms with Gasteiger partial charge in [0.25, 0.3) is 0 Å². The summed E-state index contributed by atoms with van der Waals surface area (Å²) in [5.41, 5.74) is 5.88. The molecule has 7 heteroatoms. The van der Waals surface area contributed by atoms with E-state index in [4.69, 9.17) is 4.98 Å². The van der Waals surface area contributed by atoms with Gasteiger partial charge in [0.2, 0.25) is 0 Å². The summed E-state index contributed by atoms with van der Waals surface area (Å²) < 4.78 is 2.04. The van der Waals surface area contributed by atoms with Crippen LogP contribution in [-0.2, 0) is 6.54 Å². The van der Waals surface area contributed by atoms with E-state index in [0.717, 1.165) is 43.6 Å². The highest BCUT2D eigenvalue weighted by Gasteiger charge is 2.20. The molecule has 0 unspecified atom stereocenters. The first-order chi connectivity index (χ1) is 19.0. The number of hydrogen-bond acceptors (Lipinski definition) is 6. The van der Waals surface area contributed by atoms with E-state index in [2.05, 4.69) is 60.3 Å². The van der Waals surface area contributed by atoms with Crippen LogP contribution in [-0.4, -0.2) is 31.3 Å². The average Bonchev–Trinajstić information content (AvgIpc) is 3.63. The Labute approximate surface area is 235 Å². The molecular formula is C32H26N4OS2. The van der Waals surface area contributed by atoms with Gasteiger partial charge in [0.05, 0.1) is 21.8 Å². The molecule has 0 atom stereocenters. The van der Waals surface area contributed by atoms with Crippen molar-refractivity contribution < 1.29 is 4.79 Å². The quantitative estimate of drug-likeness (QED) is 0.109. The zero-order valence-corrected chi connectivity index (χ0v) is 23.4. The number of rotatable bonds is 8. The molecule has 3 aromatic carbocycles. The number of fused-ring (bicyclic) bond motifs is 2. The third kappa shape index (κ3) is 4.91. The lowest BCUT2D eigenvalue weighted by Gasteiger charge is -2.13. The van der Waals surface area contributed by atoms with Gasteiger partial charge in [-0.3, -0.25) is 9.36 Å². The van der Waals surface area contributed by atoms with E-state index in [-0.39, 0.29) is 11.5 Å². The van der Waals surface area contributed by atoms with Gasteiger partial charge in [-0.25, -0.2) is 4.98 Å². The van der Waals surface area contributed by atoms with Gasteiger partial charge in [-0.15, -0.1) is 28.1 Å². The Morgan fingerprint density at radius 3 is 2.59 bits per heavy atom. The number of thioether (sulfide) groups is 1. The van der Waals surface area contributed by atoms with Gasteiger partial charge in [0.1, 0.15) is 0 Å². The Hall–Kier alpha value is -4.07. The van der Waals surface area contributed by atoms with Crippen molar-refractivity contribution >= 4 is 50.6 Å². The SMILES string of the molecule is C=CCn1c(SCC(=O)c2ccc3ccccc3c2)nnc1-c1cc(-c2cccs2)nc2cc(C)c(C)cc12. The fourth-order valence-corrected chi connectivity index (χ4v) is 6.21. The van der Waals surface area contributed by atoms with Crippen LogP contribution >= 0.6 is 23.1 Å². The van der Waals surface area contributed by atoms with E-state index in [1.165, 1.54) is 22.9 Å². The molecular weight excluding hydrogens is 521 g/mol. The van der Waals surface area contributed by atoms with E-state index >= 15 is 0 Å². The zero-order valence-electron chi connectivity index (χ0n) is 21.7. The topological polar surface area (TPSA) is 60.7 Å². The normalized spacial score (nSPS) is 11.3. The lowest BCUT2D eigenvalue weighted by Crippen LogP contribution is -2.06. The largest absolute Gasteiger partial charge is 0.298 e. The number of ketones is 1. The summed E-state index contributed by atoms with van der Waals surface area (Å²) in [6.45, 7) is 8.71. The predicted molar refractivity (Wildman–Crippen MR) is 163 cm³/mol. The second-order valence-electron chi connectivity index (χ2n) is 9.47. The molecule has 0 amide bonds. The van der Waals surface area contributed by atoms with Gasteiger partial charge in [-0.05, 0) is 71.5 Å². The molecule has 0 fully saturated rings. The molecule has 0 saturated carbocycles. The van der Waals surface area contributed by atoms with Gasteiger partial charge in [-0.2, -0.15) is 0 Å². The zero-order chi connectivity index (χ0) is 26.9. The Bertz CT molecular complexity index is 1850. The molecule has 0 radical (unpaired) electrons. The van der Waals surface area contributed by atoms with Gasteiger partial charge < -0.3 is 0 Å². The molecule has 192 valence electrons. The number of carbonyl (C=O) groups is 1. The number of carbonyl (C=O) groups excluding carboxylic acids is 1. The van der Waals surface area contributed by atoms with E-state index in [1.54, 1.807) is 11.3 Å². The van der Waals surface area contributed by atoms with Crippen LogP contribution in [0.4, 0.5) is 0 Å². The van der Waals surface area contributed by atoms with Crippen LogP contribution in [0.25, 0.3) is 43.6 Å². The Balaban J connectivity index is 1.38. The number of nitrogens with zero attached hydrogens (tertiary/aromatic N) is 4. The van der Waals surface area contributed by atoms with Crippen LogP contribution in [0.3, 0.4) is 0 Å². The second kappa shape index (κ2) is 10.6. The number of pyridine rings is 1. The van der Waals surface area contributed by atoms with Crippen molar-refractivity contribution in [3.8, 4) is 22.0 Å². The van der Waals surface area contributed by atoms with E-state index in [0.29, 0.717) is 17.3 Å². The standard InChI is InChI=1S/C32H26N4OS2/c1-4-13-36-31(26-18-28(30-10-7-14-38-30)33-27-16-21(3)20(2)15-25(26)27)34-35-32(36)39-19-29(37)24-12-11-22-8-5-6-9-23(22)17-24/h4-12,14-18H,1,13,19H2,2-3H3. The van der Waals surface area contributed by atoms with Crippen molar-refractivity contribution in [1.82, 2.24) is 19.7 Å². The molecule has 3 heterocycles. The summed E-state index contributed by atoms with van der Waals surface area (Å²) in [5.74, 6) is 1.06. The summed E-state index contributed by atoms with van der Waals surface area (Å²) in [5, 5.41) is 15.1. The van der Waals surface area contributed by atoms with Crippen LogP contribution in [0.2, 0.25) is 0 Å². The Morgan fingerprint density at radius 2 is 1.79 bits per heavy atom. The number of thiophene rings is 1. The second-order valence-corrected chi connectivity index (χ2v) is 11.4. The maximum Gasteiger partial charge on any atom is 0.192 e. The summed E-state index contributed by atoms with van der Waals surface area (Å²) in [4.78, 5) is 19.2. The molecule has 3 aromatic heterocycles. The first-order valence-electron chi connectivity index (χ1n) is 12.7. The van der Waals surface area contributed by atoms with E-state index in [9.17, 15) is 4.79 Å². The fourth-order valence-electron chi connectivity index (χ4n) is 4.69. The lowest BCUT2D eigenvalue weighted by atomic mass is 10.0. The number of hydrogen-bond donors (Lipinski definition) is 0. The van der Waals surface area contributed by atoms with Crippen molar-refractivity contribution in [2.45, 2.75) is 25.5 Å². The fraction of sp³-hybridized carbons (Fsp3) is 0.125. The van der Waals surface area contributed by atoms with Crippen LogP contribution < -0.4 is 0 Å². The van der Waals surface area contributed by atoms with Gasteiger partial charge in [0, 0.05) is 23.1 Å². The number of aryl methyl sites for hydroxylation is 2. The monoisotopic (exact) mass is 546 g/mol. The molecule has 0 spiro atoms. The molecule has 0 N–H and O–H groups in total. The highest BCUT2D eigenvalue weighted by Crippen LogP contribution is 2.35. The van der Waals surface area contributed by atoms with Crippen molar-refractivity contribution in [3.63, 3.8) is 0 Å².